The zero-order valence-corrected chi connectivity index (χ0v) is 8.57. The lowest BCUT2D eigenvalue weighted by atomic mass is 10.0. The van der Waals surface area contributed by atoms with Crippen LogP contribution < -0.4 is 10.5 Å². The Hall–Kier alpha value is -1.02. The molecule has 0 radical (unpaired) electrons. The molecule has 1 aromatic carbocycles. The van der Waals surface area contributed by atoms with E-state index in [-0.39, 0.29) is 6.04 Å². The molecule has 1 aliphatic carbocycles. The van der Waals surface area contributed by atoms with Gasteiger partial charge in [-0.15, -0.1) is 0 Å². The molecule has 0 saturated heterocycles. The summed E-state index contributed by atoms with van der Waals surface area (Å²) in [5, 5.41) is 0. The Bertz CT molecular complexity index is 307. The van der Waals surface area contributed by atoms with E-state index in [9.17, 15) is 0 Å². The van der Waals surface area contributed by atoms with Crippen molar-refractivity contribution in [3.05, 3.63) is 29.8 Å². The highest BCUT2D eigenvalue weighted by Gasteiger charge is 2.24. The van der Waals surface area contributed by atoms with E-state index >= 15 is 0 Å². The highest BCUT2D eigenvalue weighted by molar-refractivity contribution is 5.30. The lowest BCUT2D eigenvalue weighted by Gasteiger charge is -2.12. The van der Waals surface area contributed by atoms with Crippen molar-refractivity contribution in [2.24, 2.45) is 11.7 Å². The first-order chi connectivity index (χ1) is 6.79. The van der Waals surface area contributed by atoms with Gasteiger partial charge in [0.25, 0.3) is 0 Å². The van der Waals surface area contributed by atoms with E-state index in [4.69, 9.17) is 10.5 Å². The second-order valence-electron chi connectivity index (χ2n) is 4.06. The molecule has 14 heavy (non-hydrogen) atoms. The molecule has 76 valence electrons. The standard InChI is InChI=1S/C12H17NO/c1-14-11-4-2-3-10(8-11)12(13)7-9-5-6-9/h2-4,8-9,12H,5-7,13H2,1H3/t12-/m1/s1. The molecule has 1 fully saturated rings. The molecule has 2 N–H and O–H groups in total. The van der Waals surface area contributed by atoms with Crippen molar-refractivity contribution in [3.63, 3.8) is 0 Å². The van der Waals surface area contributed by atoms with Crippen LogP contribution in [0.2, 0.25) is 0 Å². The predicted molar refractivity (Wildman–Crippen MR) is 57.3 cm³/mol. The molecule has 2 heteroatoms. The van der Waals surface area contributed by atoms with Gasteiger partial charge in [-0.2, -0.15) is 0 Å². The third-order valence-electron chi connectivity index (χ3n) is 2.81. The molecule has 1 saturated carbocycles. The van der Waals surface area contributed by atoms with Crippen molar-refractivity contribution in [3.8, 4) is 5.75 Å². The van der Waals surface area contributed by atoms with Gasteiger partial charge in [0.05, 0.1) is 7.11 Å². The van der Waals surface area contributed by atoms with Crippen LogP contribution in [-0.2, 0) is 0 Å². The second kappa shape index (κ2) is 4.01. The van der Waals surface area contributed by atoms with E-state index in [1.165, 1.54) is 18.4 Å². The second-order valence-corrected chi connectivity index (χ2v) is 4.06. The van der Waals surface area contributed by atoms with Gasteiger partial charge in [-0.1, -0.05) is 25.0 Å². The van der Waals surface area contributed by atoms with Crippen LogP contribution in [0.3, 0.4) is 0 Å². The number of methoxy groups -OCH3 is 1. The molecule has 2 nitrogen and oxygen atoms in total. The van der Waals surface area contributed by atoms with Gasteiger partial charge in [0, 0.05) is 6.04 Å². The van der Waals surface area contributed by atoms with Crippen LogP contribution in [0.5, 0.6) is 5.75 Å². The number of rotatable bonds is 4. The van der Waals surface area contributed by atoms with Crippen molar-refractivity contribution in [2.45, 2.75) is 25.3 Å². The lowest BCUT2D eigenvalue weighted by Crippen LogP contribution is -2.10. The van der Waals surface area contributed by atoms with E-state index in [2.05, 4.69) is 6.07 Å². The fraction of sp³-hybridized carbons (Fsp3) is 0.500. The van der Waals surface area contributed by atoms with Crippen molar-refractivity contribution >= 4 is 0 Å². The molecular formula is C12H17NO. The fourth-order valence-electron chi connectivity index (χ4n) is 1.72. The first-order valence-corrected chi connectivity index (χ1v) is 5.19. The maximum atomic E-state index is 6.10. The number of hydrogen-bond donors (Lipinski definition) is 1. The quantitative estimate of drug-likeness (QED) is 0.793. The highest BCUT2D eigenvalue weighted by Crippen LogP contribution is 2.37. The fourth-order valence-corrected chi connectivity index (χ4v) is 1.72. The third-order valence-corrected chi connectivity index (χ3v) is 2.81. The zero-order valence-electron chi connectivity index (χ0n) is 8.57. The molecule has 0 bridgehead atoms. The molecule has 0 heterocycles. The Kier molecular flexibility index (Phi) is 2.73. The average Bonchev–Trinajstić information content (AvgIpc) is 3.02. The van der Waals surface area contributed by atoms with Crippen LogP contribution >= 0.6 is 0 Å². The molecule has 1 aromatic rings. The summed E-state index contributed by atoms with van der Waals surface area (Å²) in [5.74, 6) is 1.77. The smallest absolute Gasteiger partial charge is 0.119 e. The topological polar surface area (TPSA) is 35.2 Å². The summed E-state index contributed by atoms with van der Waals surface area (Å²) in [7, 11) is 1.69. The van der Waals surface area contributed by atoms with Gasteiger partial charge in [-0.3, -0.25) is 0 Å². The van der Waals surface area contributed by atoms with Gasteiger partial charge in [-0.05, 0) is 30.0 Å². The first kappa shape index (κ1) is 9.53. The van der Waals surface area contributed by atoms with Gasteiger partial charge in [0.15, 0.2) is 0 Å². The molecule has 0 spiro atoms. The Morgan fingerprint density at radius 2 is 2.29 bits per heavy atom. The van der Waals surface area contributed by atoms with E-state index in [0.717, 1.165) is 18.1 Å². The van der Waals surface area contributed by atoms with Crippen LogP contribution in [0.15, 0.2) is 24.3 Å². The summed E-state index contributed by atoms with van der Waals surface area (Å²) < 4.78 is 5.17. The van der Waals surface area contributed by atoms with E-state index in [0.29, 0.717) is 0 Å². The van der Waals surface area contributed by atoms with Crippen LogP contribution in [0.4, 0.5) is 0 Å². The minimum Gasteiger partial charge on any atom is -0.497 e. The van der Waals surface area contributed by atoms with Gasteiger partial charge in [0.1, 0.15) is 5.75 Å². The van der Waals surface area contributed by atoms with E-state index in [1.54, 1.807) is 7.11 Å². The summed E-state index contributed by atoms with van der Waals surface area (Å²) in [6.07, 6.45) is 3.84. The number of ether oxygens (including phenoxy) is 1. The van der Waals surface area contributed by atoms with Crippen LogP contribution in [0, 0.1) is 5.92 Å². The Morgan fingerprint density at radius 1 is 1.50 bits per heavy atom. The summed E-state index contributed by atoms with van der Waals surface area (Å²) >= 11 is 0. The summed E-state index contributed by atoms with van der Waals surface area (Å²) in [5.41, 5.74) is 7.29. The van der Waals surface area contributed by atoms with Crippen molar-refractivity contribution in [1.29, 1.82) is 0 Å². The van der Waals surface area contributed by atoms with E-state index in [1.807, 2.05) is 18.2 Å². The summed E-state index contributed by atoms with van der Waals surface area (Å²) in [4.78, 5) is 0. The number of hydrogen-bond acceptors (Lipinski definition) is 2. The van der Waals surface area contributed by atoms with Crippen LogP contribution in [0.25, 0.3) is 0 Å². The largest absolute Gasteiger partial charge is 0.497 e. The molecule has 0 aliphatic heterocycles. The molecule has 2 rings (SSSR count). The predicted octanol–water partition coefficient (Wildman–Crippen LogP) is 2.50. The molecular weight excluding hydrogens is 174 g/mol. The SMILES string of the molecule is COc1cccc([C@H](N)CC2CC2)c1. The minimum atomic E-state index is 0.178. The van der Waals surface area contributed by atoms with Gasteiger partial charge >= 0.3 is 0 Å². The van der Waals surface area contributed by atoms with Crippen molar-refractivity contribution < 1.29 is 4.74 Å². The number of benzene rings is 1. The molecule has 0 amide bonds. The maximum Gasteiger partial charge on any atom is 0.119 e. The summed E-state index contributed by atoms with van der Waals surface area (Å²) in [6.45, 7) is 0. The van der Waals surface area contributed by atoms with Crippen LogP contribution in [-0.4, -0.2) is 7.11 Å². The van der Waals surface area contributed by atoms with Gasteiger partial charge < -0.3 is 10.5 Å². The highest BCUT2D eigenvalue weighted by atomic mass is 16.5. The monoisotopic (exact) mass is 191 g/mol. The molecule has 1 atom stereocenters. The number of nitrogens with two attached hydrogens (primary N) is 1. The summed E-state index contributed by atoms with van der Waals surface area (Å²) in [6, 6.07) is 8.24. The Balaban J connectivity index is 2.05. The van der Waals surface area contributed by atoms with Crippen molar-refractivity contribution in [2.75, 3.05) is 7.11 Å². The first-order valence-electron chi connectivity index (χ1n) is 5.19. The Labute approximate surface area is 85.1 Å². The Morgan fingerprint density at radius 3 is 2.93 bits per heavy atom. The van der Waals surface area contributed by atoms with E-state index < -0.39 is 0 Å². The zero-order chi connectivity index (χ0) is 9.97. The molecule has 1 aliphatic rings. The lowest BCUT2D eigenvalue weighted by molar-refractivity contribution is 0.413. The minimum absolute atomic E-state index is 0.178. The molecule has 0 aromatic heterocycles. The third kappa shape index (κ3) is 2.26. The molecule has 0 unspecified atom stereocenters. The van der Waals surface area contributed by atoms with Crippen LogP contribution in [0.1, 0.15) is 30.9 Å². The van der Waals surface area contributed by atoms with Crippen molar-refractivity contribution in [1.82, 2.24) is 0 Å². The van der Waals surface area contributed by atoms with Gasteiger partial charge in [-0.25, -0.2) is 0 Å². The average molecular weight is 191 g/mol. The maximum absolute atomic E-state index is 6.10. The normalized spacial score (nSPS) is 17.9. The van der Waals surface area contributed by atoms with Gasteiger partial charge in [0.2, 0.25) is 0 Å².